The minimum atomic E-state index is -0.254. The van der Waals surface area contributed by atoms with Crippen molar-refractivity contribution in [1.29, 1.82) is 0 Å². The summed E-state index contributed by atoms with van der Waals surface area (Å²) in [5, 5.41) is 14.7. The molecule has 0 aromatic carbocycles. The van der Waals surface area contributed by atoms with E-state index >= 15 is 0 Å². The number of carbonyl (C=O) groups is 1. The summed E-state index contributed by atoms with van der Waals surface area (Å²) in [6, 6.07) is -0.252. The van der Waals surface area contributed by atoms with Crippen LogP contribution in [-0.4, -0.2) is 36.8 Å². The fourth-order valence-corrected chi connectivity index (χ4v) is 1.41. The molecule has 1 amide bonds. The van der Waals surface area contributed by atoms with E-state index in [0.29, 0.717) is 5.92 Å². The third kappa shape index (κ3) is 5.19. The largest absolute Gasteiger partial charge is 0.395 e. The van der Waals surface area contributed by atoms with Crippen molar-refractivity contribution >= 4 is 5.91 Å². The summed E-state index contributed by atoms with van der Waals surface area (Å²) in [6.45, 7) is 6.05. The van der Waals surface area contributed by atoms with Crippen LogP contribution in [0.25, 0.3) is 0 Å². The van der Waals surface area contributed by atoms with Gasteiger partial charge in [-0.3, -0.25) is 4.79 Å². The third-order valence-corrected chi connectivity index (χ3v) is 2.10. The molecule has 2 unspecified atom stereocenters. The number of amides is 1. The van der Waals surface area contributed by atoms with E-state index in [-0.39, 0.29) is 24.6 Å². The molecule has 0 spiro atoms. The first-order valence-electron chi connectivity index (χ1n) is 5.09. The summed E-state index contributed by atoms with van der Waals surface area (Å²) in [5.74, 6) is 0.462. The van der Waals surface area contributed by atoms with Crippen molar-refractivity contribution in [2.75, 3.05) is 13.7 Å². The predicted octanol–water partition coefficient (Wildman–Crippen LogP) is 0.118. The summed E-state index contributed by atoms with van der Waals surface area (Å²) in [4.78, 5) is 11.2. The van der Waals surface area contributed by atoms with Crippen LogP contribution in [0.5, 0.6) is 0 Å². The highest BCUT2D eigenvalue weighted by atomic mass is 16.3. The smallest absolute Gasteiger partial charge is 0.236 e. The van der Waals surface area contributed by atoms with Gasteiger partial charge in [0.05, 0.1) is 12.6 Å². The van der Waals surface area contributed by atoms with Crippen LogP contribution in [0.1, 0.15) is 27.2 Å². The van der Waals surface area contributed by atoms with Crippen LogP contribution in [0.4, 0.5) is 0 Å². The number of hydrogen-bond acceptors (Lipinski definition) is 3. The van der Waals surface area contributed by atoms with Gasteiger partial charge >= 0.3 is 0 Å². The Kier molecular flexibility index (Phi) is 6.49. The second-order valence-electron chi connectivity index (χ2n) is 4.01. The lowest BCUT2D eigenvalue weighted by Crippen LogP contribution is -2.47. The zero-order valence-corrected chi connectivity index (χ0v) is 9.50. The molecule has 0 aliphatic carbocycles. The van der Waals surface area contributed by atoms with E-state index in [1.807, 2.05) is 0 Å². The SMILES string of the molecule is CNC(=O)C(C)NC(CO)CC(C)C. The van der Waals surface area contributed by atoms with Crippen LogP contribution in [0.2, 0.25) is 0 Å². The Labute approximate surface area is 86.1 Å². The van der Waals surface area contributed by atoms with Gasteiger partial charge in [-0.15, -0.1) is 0 Å². The number of aliphatic hydroxyl groups is 1. The molecule has 4 nitrogen and oxygen atoms in total. The molecule has 4 heteroatoms. The normalized spacial score (nSPS) is 15.3. The maximum absolute atomic E-state index is 11.2. The van der Waals surface area contributed by atoms with E-state index in [2.05, 4.69) is 24.5 Å². The van der Waals surface area contributed by atoms with Crippen molar-refractivity contribution in [2.45, 2.75) is 39.3 Å². The Balaban J connectivity index is 3.97. The maximum atomic E-state index is 11.2. The highest BCUT2D eigenvalue weighted by molar-refractivity contribution is 5.80. The van der Waals surface area contributed by atoms with Crippen LogP contribution in [0, 0.1) is 5.92 Å². The molecule has 0 fully saturated rings. The summed E-state index contributed by atoms with van der Waals surface area (Å²) < 4.78 is 0. The van der Waals surface area contributed by atoms with Crippen LogP contribution < -0.4 is 10.6 Å². The number of nitrogens with one attached hydrogen (secondary N) is 2. The van der Waals surface area contributed by atoms with E-state index < -0.39 is 0 Å². The number of aliphatic hydroxyl groups excluding tert-OH is 1. The maximum Gasteiger partial charge on any atom is 0.236 e. The standard InChI is InChI=1S/C10H22N2O2/c1-7(2)5-9(6-13)12-8(3)10(14)11-4/h7-9,12-13H,5-6H2,1-4H3,(H,11,14). The fourth-order valence-electron chi connectivity index (χ4n) is 1.41. The molecular formula is C10H22N2O2. The number of hydrogen-bond donors (Lipinski definition) is 3. The first-order chi connectivity index (χ1) is 6.51. The predicted molar refractivity (Wildman–Crippen MR) is 57.0 cm³/mol. The average Bonchev–Trinajstić information content (AvgIpc) is 2.14. The van der Waals surface area contributed by atoms with Gasteiger partial charge in [-0.25, -0.2) is 0 Å². The van der Waals surface area contributed by atoms with Gasteiger partial charge in [0.1, 0.15) is 0 Å². The average molecular weight is 202 g/mol. The van der Waals surface area contributed by atoms with Gasteiger partial charge in [-0.2, -0.15) is 0 Å². The Bertz CT molecular complexity index is 172. The van der Waals surface area contributed by atoms with Gasteiger partial charge in [-0.05, 0) is 19.3 Å². The second-order valence-corrected chi connectivity index (χ2v) is 4.01. The zero-order valence-electron chi connectivity index (χ0n) is 9.50. The van der Waals surface area contributed by atoms with Gasteiger partial charge < -0.3 is 15.7 Å². The highest BCUT2D eigenvalue weighted by Crippen LogP contribution is 2.04. The molecule has 0 rings (SSSR count). The number of carbonyl (C=O) groups excluding carboxylic acids is 1. The molecule has 2 atom stereocenters. The van der Waals surface area contributed by atoms with Crippen LogP contribution >= 0.6 is 0 Å². The molecule has 0 bridgehead atoms. The van der Waals surface area contributed by atoms with Crippen molar-refractivity contribution in [3.8, 4) is 0 Å². The molecule has 0 saturated heterocycles. The summed E-state index contributed by atoms with van der Waals surface area (Å²) >= 11 is 0. The molecule has 3 N–H and O–H groups in total. The van der Waals surface area contributed by atoms with Gasteiger partial charge in [0.15, 0.2) is 0 Å². The summed E-state index contributed by atoms with van der Waals surface area (Å²) in [7, 11) is 1.61. The Hall–Kier alpha value is -0.610. The fraction of sp³-hybridized carbons (Fsp3) is 0.900. The Morgan fingerprint density at radius 2 is 1.93 bits per heavy atom. The molecule has 0 aromatic rings. The number of rotatable bonds is 6. The lowest BCUT2D eigenvalue weighted by molar-refractivity contribution is -0.122. The molecule has 0 heterocycles. The van der Waals surface area contributed by atoms with Crippen molar-refractivity contribution in [3.63, 3.8) is 0 Å². The summed E-state index contributed by atoms with van der Waals surface area (Å²) in [6.07, 6.45) is 0.873. The van der Waals surface area contributed by atoms with Crippen LogP contribution in [0.3, 0.4) is 0 Å². The minimum absolute atomic E-state index is 0.00213. The minimum Gasteiger partial charge on any atom is -0.395 e. The van der Waals surface area contributed by atoms with Crippen molar-refractivity contribution < 1.29 is 9.90 Å². The quantitative estimate of drug-likeness (QED) is 0.573. The molecule has 84 valence electrons. The molecule has 0 radical (unpaired) electrons. The van der Waals surface area contributed by atoms with Gasteiger partial charge in [0.25, 0.3) is 0 Å². The first-order valence-corrected chi connectivity index (χ1v) is 5.09. The molecular weight excluding hydrogens is 180 g/mol. The first kappa shape index (κ1) is 13.4. The van der Waals surface area contributed by atoms with E-state index in [4.69, 9.17) is 5.11 Å². The highest BCUT2D eigenvalue weighted by Gasteiger charge is 2.16. The van der Waals surface area contributed by atoms with Crippen molar-refractivity contribution in [1.82, 2.24) is 10.6 Å². The zero-order chi connectivity index (χ0) is 11.1. The van der Waals surface area contributed by atoms with Crippen molar-refractivity contribution in [2.24, 2.45) is 5.92 Å². The molecule has 0 aromatic heterocycles. The third-order valence-electron chi connectivity index (χ3n) is 2.10. The Morgan fingerprint density at radius 3 is 2.29 bits per heavy atom. The number of likely N-dealkylation sites (N-methyl/N-ethyl adjacent to an activating group) is 1. The topological polar surface area (TPSA) is 61.4 Å². The van der Waals surface area contributed by atoms with Crippen LogP contribution in [-0.2, 0) is 4.79 Å². The monoisotopic (exact) mass is 202 g/mol. The molecule has 14 heavy (non-hydrogen) atoms. The summed E-state index contributed by atoms with van der Waals surface area (Å²) in [5.41, 5.74) is 0. The van der Waals surface area contributed by atoms with E-state index in [9.17, 15) is 4.79 Å². The van der Waals surface area contributed by atoms with Gasteiger partial charge in [0, 0.05) is 13.1 Å². The second kappa shape index (κ2) is 6.79. The van der Waals surface area contributed by atoms with E-state index in [0.717, 1.165) is 6.42 Å². The van der Waals surface area contributed by atoms with Crippen molar-refractivity contribution in [3.05, 3.63) is 0 Å². The van der Waals surface area contributed by atoms with Crippen LogP contribution in [0.15, 0.2) is 0 Å². The molecule has 0 aliphatic heterocycles. The Morgan fingerprint density at radius 1 is 1.36 bits per heavy atom. The lowest BCUT2D eigenvalue weighted by atomic mass is 10.0. The van der Waals surface area contributed by atoms with E-state index in [1.54, 1.807) is 14.0 Å². The van der Waals surface area contributed by atoms with Gasteiger partial charge in [0.2, 0.25) is 5.91 Å². The van der Waals surface area contributed by atoms with Gasteiger partial charge in [-0.1, -0.05) is 13.8 Å². The van der Waals surface area contributed by atoms with E-state index in [1.165, 1.54) is 0 Å². The molecule has 0 saturated carbocycles. The lowest BCUT2D eigenvalue weighted by Gasteiger charge is -2.22. The molecule has 0 aliphatic rings.